The van der Waals surface area contributed by atoms with E-state index in [9.17, 15) is 0 Å². The van der Waals surface area contributed by atoms with E-state index in [1.165, 1.54) is 60.8 Å². The van der Waals surface area contributed by atoms with E-state index in [-0.39, 0.29) is 0 Å². The van der Waals surface area contributed by atoms with Crippen molar-refractivity contribution in [1.82, 2.24) is 4.57 Å². The first kappa shape index (κ1) is 40.1. The highest BCUT2D eigenvalue weighted by atomic mass is 16.3. The molecule has 0 N–H and O–H groups in total. The van der Waals surface area contributed by atoms with Crippen molar-refractivity contribution in [3.8, 4) is 61.3 Å². The van der Waals surface area contributed by atoms with Crippen LogP contribution < -0.4 is 4.90 Å². The zero-order valence-electron chi connectivity index (χ0n) is 37.7. The van der Waals surface area contributed by atoms with Crippen LogP contribution in [0.25, 0.3) is 105 Å². The van der Waals surface area contributed by atoms with Crippen molar-refractivity contribution in [2.45, 2.75) is 0 Å². The Hall–Kier alpha value is -9.18. The minimum Gasteiger partial charge on any atom is -0.456 e. The topological polar surface area (TPSA) is 21.3 Å². The lowest BCUT2D eigenvalue weighted by Crippen LogP contribution is -2.09. The Labute approximate surface area is 401 Å². The fourth-order valence-electron chi connectivity index (χ4n) is 10.1. The van der Waals surface area contributed by atoms with Gasteiger partial charge in [-0.05, 0) is 134 Å². The molecule has 0 amide bonds. The van der Waals surface area contributed by atoms with Crippen LogP contribution in [0, 0.1) is 0 Å². The summed E-state index contributed by atoms with van der Waals surface area (Å²) in [6.07, 6.45) is 0. The Kier molecular flexibility index (Phi) is 9.84. The van der Waals surface area contributed by atoms with Gasteiger partial charge in [-0.1, -0.05) is 188 Å². The maximum atomic E-state index is 6.26. The van der Waals surface area contributed by atoms with Gasteiger partial charge in [0.25, 0.3) is 0 Å². The standard InChI is InChI=1S/C66H44N2O/c1-2-11-45(12-3-1)46-21-23-47(24-22-46)49-29-36-55(37-30-49)67(57-40-33-52(34-41-57)54-35-42-62-61-17-6-9-20-65(61)69-66(62)44-54)56-38-31-50(32-39-56)48-25-27-51(28-26-48)53-13-10-14-58(43-53)68-63-18-7-4-15-59(63)60-16-5-8-19-64(60)68/h1-44H. The smallest absolute Gasteiger partial charge is 0.136 e. The van der Waals surface area contributed by atoms with Gasteiger partial charge in [0.2, 0.25) is 0 Å². The quantitative estimate of drug-likeness (QED) is 0.144. The van der Waals surface area contributed by atoms with Gasteiger partial charge in [-0.15, -0.1) is 0 Å². The van der Waals surface area contributed by atoms with Gasteiger partial charge in [0.15, 0.2) is 0 Å². The average molecular weight is 881 g/mol. The fraction of sp³-hybridized carbons (Fsp3) is 0. The van der Waals surface area contributed by atoms with Gasteiger partial charge in [-0.3, -0.25) is 0 Å². The molecule has 2 heterocycles. The lowest BCUT2D eigenvalue weighted by Gasteiger charge is -2.26. The largest absolute Gasteiger partial charge is 0.456 e. The van der Waals surface area contributed by atoms with E-state index in [2.05, 4.69) is 264 Å². The van der Waals surface area contributed by atoms with E-state index in [0.29, 0.717) is 0 Å². The van der Waals surface area contributed by atoms with Crippen molar-refractivity contribution in [2.24, 2.45) is 0 Å². The summed E-state index contributed by atoms with van der Waals surface area (Å²) in [4.78, 5) is 2.34. The van der Waals surface area contributed by atoms with Crippen LogP contribution >= 0.6 is 0 Å². The molecule has 0 atom stereocenters. The maximum Gasteiger partial charge on any atom is 0.136 e. The maximum absolute atomic E-state index is 6.26. The Morgan fingerprint density at radius 2 is 0.609 bits per heavy atom. The minimum atomic E-state index is 0.897. The molecule has 3 nitrogen and oxygen atoms in total. The van der Waals surface area contributed by atoms with E-state index in [0.717, 1.165) is 61.4 Å². The zero-order valence-corrected chi connectivity index (χ0v) is 37.7. The molecular weight excluding hydrogens is 837 g/mol. The van der Waals surface area contributed by atoms with E-state index in [4.69, 9.17) is 4.42 Å². The second kappa shape index (κ2) is 16.9. The highest BCUT2D eigenvalue weighted by Crippen LogP contribution is 2.40. The van der Waals surface area contributed by atoms with Crippen molar-refractivity contribution < 1.29 is 4.42 Å². The number of aromatic nitrogens is 1. The molecular formula is C66H44N2O. The molecule has 2 aromatic heterocycles. The van der Waals surface area contributed by atoms with Crippen molar-refractivity contribution in [3.05, 3.63) is 267 Å². The summed E-state index contributed by atoms with van der Waals surface area (Å²) in [6.45, 7) is 0. The molecule has 0 saturated carbocycles. The highest BCUT2D eigenvalue weighted by Gasteiger charge is 2.16. The second-order valence-electron chi connectivity index (χ2n) is 17.7. The summed E-state index contributed by atoms with van der Waals surface area (Å²) in [5.41, 5.74) is 20.4. The molecule has 0 saturated heterocycles. The number of hydrogen-bond acceptors (Lipinski definition) is 2. The Balaban J connectivity index is 0.807. The number of hydrogen-bond donors (Lipinski definition) is 0. The van der Waals surface area contributed by atoms with Gasteiger partial charge in [-0.25, -0.2) is 0 Å². The molecule has 13 rings (SSSR count). The first-order valence-electron chi connectivity index (χ1n) is 23.6. The van der Waals surface area contributed by atoms with Crippen LogP contribution in [0.4, 0.5) is 17.1 Å². The van der Waals surface area contributed by atoms with Crippen molar-refractivity contribution >= 4 is 60.8 Å². The molecule has 0 radical (unpaired) electrons. The molecule has 3 heteroatoms. The summed E-state index contributed by atoms with van der Waals surface area (Å²) in [5.74, 6) is 0. The molecule has 0 fully saturated rings. The predicted molar refractivity (Wildman–Crippen MR) is 290 cm³/mol. The lowest BCUT2D eigenvalue weighted by atomic mass is 9.99. The van der Waals surface area contributed by atoms with Gasteiger partial charge >= 0.3 is 0 Å². The number of fused-ring (bicyclic) bond motifs is 6. The van der Waals surface area contributed by atoms with Crippen LogP contribution in [0.1, 0.15) is 0 Å². The molecule has 0 spiro atoms. The van der Waals surface area contributed by atoms with Crippen LogP contribution in [0.3, 0.4) is 0 Å². The van der Waals surface area contributed by atoms with E-state index >= 15 is 0 Å². The summed E-state index contributed by atoms with van der Waals surface area (Å²) in [5, 5.41) is 4.80. The fourth-order valence-corrected chi connectivity index (χ4v) is 10.1. The molecule has 0 aliphatic rings. The number of rotatable bonds is 9. The highest BCUT2D eigenvalue weighted by molar-refractivity contribution is 6.09. The lowest BCUT2D eigenvalue weighted by molar-refractivity contribution is 0.669. The van der Waals surface area contributed by atoms with Gasteiger partial charge in [0, 0.05) is 44.3 Å². The Morgan fingerprint density at radius 1 is 0.246 bits per heavy atom. The minimum absolute atomic E-state index is 0.897. The molecule has 0 aliphatic carbocycles. The number of benzene rings is 11. The molecule has 0 bridgehead atoms. The summed E-state index contributed by atoms with van der Waals surface area (Å²) in [6, 6.07) is 96.0. The zero-order chi connectivity index (χ0) is 45.7. The number of nitrogens with zero attached hydrogens (tertiary/aromatic N) is 2. The second-order valence-corrected chi connectivity index (χ2v) is 17.7. The molecule has 0 aliphatic heterocycles. The van der Waals surface area contributed by atoms with Crippen LogP contribution in [0.2, 0.25) is 0 Å². The Bertz CT molecular complexity index is 3910. The van der Waals surface area contributed by atoms with Gasteiger partial charge < -0.3 is 13.9 Å². The molecule has 11 aromatic carbocycles. The third kappa shape index (κ3) is 7.34. The summed E-state index contributed by atoms with van der Waals surface area (Å²) >= 11 is 0. The predicted octanol–water partition coefficient (Wildman–Crippen LogP) is 18.5. The van der Waals surface area contributed by atoms with E-state index in [1.807, 2.05) is 12.1 Å². The Morgan fingerprint density at radius 3 is 1.13 bits per heavy atom. The number of para-hydroxylation sites is 3. The molecule has 69 heavy (non-hydrogen) atoms. The number of anilines is 3. The monoisotopic (exact) mass is 880 g/mol. The van der Waals surface area contributed by atoms with Crippen LogP contribution in [-0.2, 0) is 0 Å². The van der Waals surface area contributed by atoms with Gasteiger partial charge in [0.05, 0.1) is 11.0 Å². The van der Waals surface area contributed by atoms with E-state index in [1.54, 1.807) is 0 Å². The van der Waals surface area contributed by atoms with Crippen molar-refractivity contribution in [2.75, 3.05) is 4.90 Å². The third-order valence-corrected chi connectivity index (χ3v) is 13.6. The summed E-state index contributed by atoms with van der Waals surface area (Å²) < 4.78 is 8.64. The van der Waals surface area contributed by atoms with Crippen LogP contribution in [-0.4, -0.2) is 4.57 Å². The first-order chi connectivity index (χ1) is 34.2. The van der Waals surface area contributed by atoms with Crippen molar-refractivity contribution in [1.29, 1.82) is 0 Å². The molecule has 324 valence electrons. The van der Waals surface area contributed by atoms with Crippen LogP contribution in [0.5, 0.6) is 0 Å². The third-order valence-electron chi connectivity index (χ3n) is 13.6. The van der Waals surface area contributed by atoms with Crippen molar-refractivity contribution in [3.63, 3.8) is 0 Å². The van der Waals surface area contributed by atoms with Gasteiger partial charge in [0.1, 0.15) is 11.2 Å². The normalized spacial score (nSPS) is 11.5. The summed E-state index contributed by atoms with van der Waals surface area (Å²) in [7, 11) is 0. The van der Waals surface area contributed by atoms with Crippen LogP contribution in [0.15, 0.2) is 271 Å². The SMILES string of the molecule is c1ccc(-c2ccc(-c3ccc(N(c4ccc(-c5ccc(-c6cccc(-n7c8ccccc8c8ccccc87)c6)cc5)cc4)c4ccc(-c5ccc6c(c5)oc5ccccc56)cc4)cc3)cc2)cc1. The van der Waals surface area contributed by atoms with E-state index < -0.39 is 0 Å². The molecule has 0 unspecified atom stereocenters. The molecule has 13 aromatic rings. The first-order valence-corrected chi connectivity index (χ1v) is 23.6. The average Bonchev–Trinajstić information content (AvgIpc) is 3.98. The van der Waals surface area contributed by atoms with Gasteiger partial charge in [-0.2, -0.15) is 0 Å². The number of furan rings is 1.